The highest BCUT2D eigenvalue weighted by Crippen LogP contribution is 2.33. The summed E-state index contributed by atoms with van der Waals surface area (Å²) in [5.74, 6) is 2.22. The molecule has 29 heavy (non-hydrogen) atoms. The normalized spacial score (nSPS) is 18.8. The minimum atomic E-state index is 0.0183. The first-order chi connectivity index (χ1) is 14.3. The van der Waals surface area contributed by atoms with Gasteiger partial charge in [-0.3, -0.25) is 4.79 Å². The van der Waals surface area contributed by atoms with Crippen LogP contribution in [0.4, 0.5) is 11.5 Å². The van der Waals surface area contributed by atoms with E-state index in [1.807, 2.05) is 4.90 Å². The largest absolute Gasteiger partial charge is 0.454 e. The van der Waals surface area contributed by atoms with Crippen molar-refractivity contribution in [2.45, 2.75) is 0 Å². The third-order valence-electron chi connectivity index (χ3n) is 5.51. The standard InChI is InChI=1S/C20H23N5O4/c26-20(15-1-2-17-18(11-15)29-14-28-17)25-5-3-23(4-6-25)16-12-19(22-21-13-16)24-7-9-27-10-8-24/h1-2,11-13H,3-10,14H2. The summed E-state index contributed by atoms with van der Waals surface area (Å²) >= 11 is 0. The van der Waals surface area contributed by atoms with Gasteiger partial charge in [-0.25, -0.2) is 0 Å². The van der Waals surface area contributed by atoms with E-state index in [-0.39, 0.29) is 12.7 Å². The third kappa shape index (κ3) is 3.65. The van der Waals surface area contributed by atoms with Crippen LogP contribution in [0.5, 0.6) is 11.5 Å². The molecular formula is C20H23N5O4. The molecule has 1 amide bonds. The lowest BCUT2D eigenvalue weighted by Gasteiger charge is -2.36. The van der Waals surface area contributed by atoms with Gasteiger partial charge in [0, 0.05) is 50.9 Å². The van der Waals surface area contributed by atoms with Crippen molar-refractivity contribution in [3.05, 3.63) is 36.0 Å². The van der Waals surface area contributed by atoms with Crippen LogP contribution >= 0.6 is 0 Å². The van der Waals surface area contributed by atoms with Crippen molar-refractivity contribution in [2.24, 2.45) is 0 Å². The van der Waals surface area contributed by atoms with Crippen LogP contribution in [-0.2, 0) is 4.74 Å². The molecule has 0 unspecified atom stereocenters. The number of amides is 1. The van der Waals surface area contributed by atoms with Crippen LogP contribution in [0.1, 0.15) is 10.4 Å². The summed E-state index contributed by atoms with van der Waals surface area (Å²) in [7, 11) is 0. The summed E-state index contributed by atoms with van der Waals surface area (Å²) in [5.41, 5.74) is 1.67. The van der Waals surface area contributed by atoms with Gasteiger partial charge >= 0.3 is 0 Å². The molecule has 1 aromatic carbocycles. The van der Waals surface area contributed by atoms with Crippen LogP contribution in [0.15, 0.2) is 30.5 Å². The van der Waals surface area contributed by atoms with Crippen LogP contribution < -0.4 is 19.3 Å². The lowest BCUT2D eigenvalue weighted by molar-refractivity contribution is 0.0746. The van der Waals surface area contributed by atoms with Crippen LogP contribution in [-0.4, -0.2) is 80.3 Å². The SMILES string of the molecule is O=C(c1ccc2c(c1)OCO2)N1CCN(c2cnnc(N3CCOCC3)c2)CC1. The Hall–Kier alpha value is -3.07. The molecule has 0 N–H and O–H groups in total. The number of hydrogen-bond acceptors (Lipinski definition) is 8. The highest BCUT2D eigenvalue weighted by molar-refractivity contribution is 5.95. The molecule has 9 nitrogen and oxygen atoms in total. The number of ether oxygens (including phenoxy) is 3. The second-order valence-electron chi connectivity index (χ2n) is 7.22. The number of carbonyl (C=O) groups excluding carboxylic acids is 1. The van der Waals surface area contributed by atoms with Gasteiger partial charge in [0.2, 0.25) is 6.79 Å². The third-order valence-corrected chi connectivity index (χ3v) is 5.51. The van der Waals surface area contributed by atoms with E-state index in [9.17, 15) is 4.79 Å². The van der Waals surface area contributed by atoms with E-state index in [0.717, 1.165) is 37.7 Å². The molecule has 0 bridgehead atoms. The van der Waals surface area contributed by atoms with Crippen molar-refractivity contribution in [1.82, 2.24) is 15.1 Å². The van der Waals surface area contributed by atoms with Gasteiger partial charge in [0.1, 0.15) is 0 Å². The first kappa shape index (κ1) is 18.0. The van der Waals surface area contributed by atoms with Crippen molar-refractivity contribution in [1.29, 1.82) is 0 Å². The highest BCUT2D eigenvalue weighted by atomic mass is 16.7. The minimum absolute atomic E-state index is 0.0183. The lowest BCUT2D eigenvalue weighted by Crippen LogP contribution is -2.49. The summed E-state index contributed by atoms with van der Waals surface area (Å²) in [4.78, 5) is 19.2. The molecule has 0 radical (unpaired) electrons. The molecule has 0 atom stereocenters. The monoisotopic (exact) mass is 397 g/mol. The Morgan fingerprint density at radius 1 is 0.897 bits per heavy atom. The van der Waals surface area contributed by atoms with Gasteiger partial charge in [-0.2, -0.15) is 5.10 Å². The van der Waals surface area contributed by atoms with Gasteiger partial charge in [0.25, 0.3) is 5.91 Å². The fraction of sp³-hybridized carbons (Fsp3) is 0.450. The van der Waals surface area contributed by atoms with Gasteiger partial charge in [-0.15, -0.1) is 5.10 Å². The van der Waals surface area contributed by atoms with Gasteiger partial charge in [-0.1, -0.05) is 0 Å². The summed E-state index contributed by atoms with van der Waals surface area (Å²) in [6, 6.07) is 7.43. The Morgan fingerprint density at radius 2 is 1.69 bits per heavy atom. The second-order valence-corrected chi connectivity index (χ2v) is 7.22. The van der Waals surface area contributed by atoms with E-state index >= 15 is 0 Å². The summed E-state index contributed by atoms with van der Waals surface area (Å²) < 4.78 is 16.1. The molecule has 3 aliphatic rings. The number of morpholine rings is 1. The summed E-state index contributed by atoms with van der Waals surface area (Å²) in [6.07, 6.45) is 1.79. The zero-order chi connectivity index (χ0) is 19.6. The fourth-order valence-electron chi connectivity index (χ4n) is 3.85. The van der Waals surface area contributed by atoms with Crippen molar-refractivity contribution in [3.63, 3.8) is 0 Å². The van der Waals surface area contributed by atoms with E-state index < -0.39 is 0 Å². The quantitative estimate of drug-likeness (QED) is 0.759. The molecule has 4 heterocycles. The molecule has 152 valence electrons. The number of rotatable bonds is 3. The van der Waals surface area contributed by atoms with Crippen molar-refractivity contribution in [3.8, 4) is 11.5 Å². The number of carbonyl (C=O) groups is 1. The molecule has 0 saturated carbocycles. The number of anilines is 2. The number of aromatic nitrogens is 2. The number of nitrogens with zero attached hydrogens (tertiary/aromatic N) is 5. The first-order valence-corrected chi connectivity index (χ1v) is 9.87. The average Bonchev–Trinajstić information content (AvgIpc) is 3.27. The number of fused-ring (bicyclic) bond motifs is 1. The van der Waals surface area contributed by atoms with Crippen LogP contribution in [0.3, 0.4) is 0 Å². The fourth-order valence-corrected chi connectivity index (χ4v) is 3.85. The molecule has 0 spiro atoms. The van der Waals surface area contributed by atoms with E-state index in [2.05, 4.69) is 26.1 Å². The van der Waals surface area contributed by atoms with Crippen LogP contribution in [0, 0.1) is 0 Å². The smallest absolute Gasteiger partial charge is 0.254 e. The molecule has 9 heteroatoms. The molecule has 1 aromatic heterocycles. The number of benzene rings is 1. The zero-order valence-electron chi connectivity index (χ0n) is 16.1. The van der Waals surface area contributed by atoms with Crippen LogP contribution in [0.2, 0.25) is 0 Å². The maximum absolute atomic E-state index is 12.9. The van der Waals surface area contributed by atoms with E-state index in [4.69, 9.17) is 14.2 Å². The first-order valence-electron chi connectivity index (χ1n) is 9.87. The predicted octanol–water partition coefficient (Wildman–Crippen LogP) is 1.00. The molecule has 2 saturated heterocycles. The Kier molecular flexibility index (Phi) is 4.81. The summed E-state index contributed by atoms with van der Waals surface area (Å²) in [5, 5.41) is 8.47. The van der Waals surface area contributed by atoms with Gasteiger partial charge < -0.3 is 28.9 Å². The average molecular weight is 397 g/mol. The second kappa shape index (κ2) is 7.75. The minimum Gasteiger partial charge on any atom is -0.454 e. The van der Waals surface area contributed by atoms with E-state index in [0.29, 0.717) is 43.4 Å². The highest BCUT2D eigenvalue weighted by Gasteiger charge is 2.25. The number of hydrogen-bond donors (Lipinski definition) is 0. The van der Waals surface area contributed by atoms with Crippen molar-refractivity contribution < 1.29 is 19.0 Å². The summed E-state index contributed by atoms with van der Waals surface area (Å²) in [6.45, 7) is 6.11. The van der Waals surface area contributed by atoms with E-state index in [1.165, 1.54) is 0 Å². The molecule has 2 fully saturated rings. The Bertz CT molecular complexity index is 894. The van der Waals surface area contributed by atoms with Crippen molar-refractivity contribution in [2.75, 3.05) is 69.1 Å². The zero-order valence-corrected chi connectivity index (χ0v) is 16.1. The maximum atomic E-state index is 12.9. The van der Waals surface area contributed by atoms with Gasteiger partial charge in [0.15, 0.2) is 17.3 Å². The Labute approximate surface area is 168 Å². The number of piperazine rings is 1. The Balaban J connectivity index is 1.23. The van der Waals surface area contributed by atoms with Crippen molar-refractivity contribution >= 4 is 17.4 Å². The molecular weight excluding hydrogens is 374 g/mol. The maximum Gasteiger partial charge on any atom is 0.254 e. The predicted molar refractivity (Wildman–Crippen MR) is 106 cm³/mol. The Morgan fingerprint density at radius 3 is 2.52 bits per heavy atom. The molecule has 5 rings (SSSR count). The topological polar surface area (TPSA) is 80.3 Å². The van der Waals surface area contributed by atoms with Gasteiger partial charge in [-0.05, 0) is 18.2 Å². The molecule has 0 aliphatic carbocycles. The van der Waals surface area contributed by atoms with Crippen LogP contribution in [0.25, 0.3) is 0 Å². The lowest BCUT2D eigenvalue weighted by atomic mass is 10.1. The van der Waals surface area contributed by atoms with Gasteiger partial charge in [0.05, 0.1) is 25.1 Å². The molecule has 3 aliphatic heterocycles. The molecule has 2 aromatic rings. The van der Waals surface area contributed by atoms with E-state index in [1.54, 1.807) is 24.4 Å².